The van der Waals surface area contributed by atoms with Gasteiger partial charge in [-0.1, -0.05) is 6.08 Å². The second kappa shape index (κ2) is 6.24. The van der Waals surface area contributed by atoms with Crippen LogP contribution in [0.4, 0.5) is 8.78 Å². The van der Waals surface area contributed by atoms with E-state index in [1.165, 1.54) is 11.0 Å². The maximum atomic E-state index is 11.8. The van der Waals surface area contributed by atoms with Crippen molar-refractivity contribution in [3.8, 4) is 0 Å². The van der Waals surface area contributed by atoms with Gasteiger partial charge in [0.1, 0.15) is 0 Å². The summed E-state index contributed by atoms with van der Waals surface area (Å²) in [5.41, 5.74) is 0. The third-order valence-electron chi connectivity index (χ3n) is 1.20. The van der Waals surface area contributed by atoms with E-state index in [1.807, 2.05) is 0 Å². The van der Waals surface area contributed by atoms with Crippen LogP contribution >= 0.6 is 0 Å². The highest BCUT2D eigenvalue weighted by molar-refractivity contribution is 4.73. The van der Waals surface area contributed by atoms with E-state index in [9.17, 15) is 8.78 Å². The average molecular weight is 165 g/mol. The lowest BCUT2D eigenvalue weighted by Gasteiger charge is -2.18. The Balaban J connectivity index is 3.58. The number of alkyl halides is 2. The van der Waals surface area contributed by atoms with Gasteiger partial charge in [0.2, 0.25) is 0 Å². The van der Waals surface area contributed by atoms with E-state index in [0.717, 1.165) is 0 Å². The summed E-state index contributed by atoms with van der Waals surface area (Å²) in [7, 11) is 0. The summed E-state index contributed by atoms with van der Waals surface area (Å²) in [6, 6.07) is 0. The van der Waals surface area contributed by atoms with Crippen LogP contribution in [0.2, 0.25) is 0 Å². The van der Waals surface area contributed by atoms with E-state index in [0.29, 0.717) is 6.54 Å². The number of aliphatic hydroxyl groups is 1. The van der Waals surface area contributed by atoms with Crippen molar-refractivity contribution in [2.45, 2.75) is 6.43 Å². The van der Waals surface area contributed by atoms with Gasteiger partial charge in [0.05, 0.1) is 13.2 Å². The van der Waals surface area contributed by atoms with Crippen molar-refractivity contribution in [2.24, 2.45) is 0 Å². The predicted molar refractivity (Wildman–Crippen MR) is 39.7 cm³/mol. The van der Waals surface area contributed by atoms with Gasteiger partial charge in [0.15, 0.2) is 0 Å². The van der Waals surface area contributed by atoms with Crippen LogP contribution in [-0.2, 0) is 0 Å². The van der Waals surface area contributed by atoms with Crippen LogP contribution in [0.1, 0.15) is 0 Å². The molecular formula is C7H13F2NO. The fourth-order valence-corrected chi connectivity index (χ4v) is 0.776. The molecule has 66 valence electrons. The van der Waals surface area contributed by atoms with Crippen molar-refractivity contribution >= 4 is 0 Å². The van der Waals surface area contributed by atoms with Crippen LogP contribution in [0.3, 0.4) is 0 Å². The highest BCUT2D eigenvalue weighted by Gasteiger charge is 2.08. The Morgan fingerprint density at radius 3 is 2.55 bits per heavy atom. The van der Waals surface area contributed by atoms with Crippen molar-refractivity contribution in [1.82, 2.24) is 4.90 Å². The van der Waals surface area contributed by atoms with Crippen molar-refractivity contribution in [3.63, 3.8) is 0 Å². The minimum atomic E-state index is -2.35. The molecule has 0 rings (SSSR count). The Labute approximate surface area is 65.1 Å². The van der Waals surface area contributed by atoms with Gasteiger partial charge < -0.3 is 5.11 Å². The fraction of sp³-hybridized carbons (Fsp3) is 0.714. The molecule has 0 atom stereocenters. The monoisotopic (exact) mass is 165 g/mol. The van der Waals surface area contributed by atoms with Crippen LogP contribution in [0.25, 0.3) is 0 Å². The zero-order valence-corrected chi connectivity index (χ0v) is 6.34. The molecule has 0 radical (unpaired) electrons. The molecule has 0 unspecified atom stereocenters. The lowest BCUT2D eigenvalue weighted by Crippen LogP contribution is -2.31. The maximum Gasteiger partial charge on any atom is 0.251 e. The van der Waals surface area contributed by atoms with Crippen molar-refractivity contribution < 1.29 is 13.9 Å². The lowest BCUT2D eigenvalue weighted by molar-refractivity contribution is 0.0844. The first-order chi connectivity index (χ1) is 5.20. The van der Waals surface area contributed by atoms with E-state index in [2.05, 4.69) is 6.58 Å². The first-order valence-corrected chi connectivity index (χ1v) is 3.43. The Hall–Kier alpha value is -0.480. The Bertz CT molecular complexity index is 109. The smallest absolute Gasteiger partial charge is 0.251 e. The maximum absolute atomic E-state index is 11.8. The van der Waals surface area contributed by atoms with Crippen LogP contribution in [-0.4, -0.2) is 42.7 Å². The predicted octanol–water partition coefficient (Wildman–Crippen LogP) is 0.732. The average Bonchev–Trinajstić information content (AvgIpc) is 1.87. The van der Waals surface area contributed by atoms with Crippen molar-refractivity contribution in [3.05, 3.63) is 12.7 Å². The van der Waals surface area contributed by atoms with Gasteiger partial charge in [0, 0.05) is 13.1 Å². The molecule has 2 nitrogen and oxygen atoms in total. The molecule has 0 aromatic rings. The van der Waals surface area contributed by atoms with Crippen LogP contribution in [0.5, 0.6) is 0 Å². The minimum absolute atomic E-state index is 0.0967. The van der Waals surface area contributed by atoms with Gasteiger partial charge in [-0.3, -0.25) is 4.90 Å². The number of hydrogen-bond acceptors (Lipinski definition) is 2. The molecular weight excluding hydrogens is 152 g/mol. The summed E-state index contributed by atoms with van der Waals surface area (Å²) >= 11 is 0. The summed E-state index contributed by atoms with van der Waals surface area (Å²) in [5, 5.41) is 8.46. The molecule has 0 spiro atoms. The standard InChI is InChI=1S/C7H13F2NO/c1-2-3-10(4-5-11)6-7(8)9/h2,7,11H,1,3-6H2. The molecule has 0 heterocycles. The van der Waals surface area contributed by atoms with Crippen LogP contribution < -0.4 is 0 Å². The lowest BCUT2D eigenvalue weighted by atomic mass is 10.4. The van der Waals surface area contributed by atoms with E-state index in [1.54, 1.807) is 0 Å². The van der Waals surface area contributed by atoms with Crippen molar-refractivity contribution in [1.29, 1.82) is 0 Å². The van der Waals surface area contributed by atoms with E-state index in [-0.39, 0.29) is 19.7 Å². The molecule has 4 heteroatoms. The van der Waals surface area contributed by atoms with Gasteiger partial charge in [-0.05, 0) is 0 Å². The van der Waals surface area contributed by atoms with Gasteiger partial charge in [-0.15, -0.1) is 6.58 Å². The van der Waals surface area contributed by atoms with E-state index >= 15 is 0 Å². The number of hydrogen-bond donors (Lipinski definition) is 1. The summed E-state index contributed by atoms with van der Waals surface area (Å²) in [6.07, 6.45) is -0.806. The topological polar surface area (TPSA) is 23.5 Å². The molecule has 0 fully saturated rings. The van der Waals surface area contributed by atoms with E-state index in [4.69, 9.17) is 5.11 Å². The number of halogens is 2. The quantitative estimate of drug-likeness (QED) is 0.586. The molecule has 0 aliphatic rings. The summed E-state index contributed by atoms with van der Waals surface area (Å²) in [5.74, 6) is 0. The SMILES string of the molecule is C=CCN(CCO)CC(F)F. The first kappa shape index (κ1) is 10.5. The first-order valence-electron chi connectivity index (χ1n) is 3.43. The van der Waals surface area contributed by atoms with E-state index < -0.39 is 6.43 Å². The minimum Gasteiger partial charge on any atom is -0.395 e. The molecule has 0 saturated carbocycles. The Kier molecular flexibility index (Phi) is 5.97. The third kappa shape index (κ3) is 5.94. The molecule has 0 aromatic carbocycles. The Morgan fingerprint density at radius 2 is 2.18 bits per heavy atom. The Morgan fingerprint density at radius 1 is 1.55 bits per heavy atom. The second-order valence-electron chi connectivity index (χ2n) is 2.16. The zero-order valence-electron chi connectivity index (χ0n) is 6.34. The summed E-state index contributed by atoms with van der Waals surface area (Å²) in [6.45, 7) is 3.69. The molecule has 0 bridgehead atoms. The highest BCUT2D eigenvalue weighted by atomic mass is 19.3. The largest absolute Gasteiger partial charge is 0.395 e. The second-order valence-corrected chi connectivity index (χ2v) is 2.16. The summed E-state index contributed by atoms with van der Waals surface area (Å²) in [4.78, 5) is 1.44. The van der Waals surface area contributed by atoms with Crippen LogP contribution in [0.15, 0.2) is 12.7 Å². The molecule has 0 amide bonds. The molecule has 11 heavy (non-hydrogen) atoms. The van der Waals surface area contributed by atoms with Gasteiger partial charge in [0.25, 0.3) is 6.43 Å². The number of aliphatic hydroxyl groups excluding tert-OH is 1. The molecule has 0 saturated heterocycles. The van der Waals surface area contributed by atoms with Crippen molar-refractivity contribution in [2.75, 3.05) is 26.2 Å². The highest BCUT2D eigenvalue weighted by Crippen LogP contribution is 1.97. The zero-order chi connectivity index (χ0) is 8.69. The van der Waals surface area contributed by atoms with Gasteiger partial charge in [-0.2, -0.15) is 0 Å². The molecule has 0 aromatic heterocycles. The summed E-state index contributed by atoms with van der Waals surface area (Å²) < 4.78 is 23.5. The van der Waals surface area contributed by atoms with Gasteiger partial charge >= 0.3 is 0 Å². The molecule has 0 aliphatic carbocycles. The number of rotatable bonds is 6. The van der Waals surface area contributed by atoms with Gasteiger partial charge in [-0.25, -0.2) is 8.78 Å². The normalized spacial score (nSPS) is 11.0. The number of nitrogens with zero attached hydrogens (tertiary/aromatic N) is 1. The van der Waals surface area contributed by atoms with Crippen LogP contribution in [0, 0.1) is 0 Å². The molecule has 1 N–H and O–H groups in total. The fourth-order valence-electron chi connectivity index (χ4n) is 0.776. The molecule has 0 aliphatic heterocycles. The third-order valence-corrected chi connectivity index (χ3v) is 1.20.